The number of carbonyl (C=O) groups is 1. The van der Waals surface area contributed by atoms with Crippen LogP contribution in [-0.4, -0.2) is 37.8 Å². The number of carbonyl (C=O) groups excluding carboxylic acids is 1. The normalized spacial score (nSPS) is 13.9. The zero-order chi connectivity index (χ0) is 18.3. The number of hydrogen-bond donors (Lipinski definition) is 0. The monoisotopic (exact) mass is 367 g/mol. The average Bonchev–Trinajstić information content (AvgIpc) is 3.07. The molecule has 3 heterocycles. The van der Waals surface area contributed by atoms with Crippen LogP contribution in [0.5, 0.6) is 0 Å². The average molecular weight is 367 g/mol. The van der Waals surface area contributed by atoms with Crippen LogP contribution in [0, 0.1) is 20.8 Å². The highest BCUT2D eigenvalue weighted by Gasteiger charge is 2.22. The number of aromatic nitrogens is 4. The number of para-hydroxylation sites is 1. The van der Waals surface area contributed by atoms with E-state index in [4.69, 9.17) is 0 Å². The first-order valence-corrected chi connectivity index (χ1v) is 9.75. The third kappa shape index (κ3) is 2.96. The van der Waals surface area contributed by atoms with Crippen molar-refractivity contribution in [3.8, 4) is 0 Å². The molecule has 0 unspecified atom stereocenters. The van der Waals surface area contributed by atoms with E-state index in [0.29, 0.717) is 16.7 Å². The minimum atomic E-state index is 0.0954. The van der Waals surface area contributed by atoms with Gasteiger partial charge in [0.05, 0.1) is 5.75 Å². The van der Waals surface area contributed by atoms with Crippen molar-refractivity contribution in [1.82, 2.24) is 19.6 Å². The molecule has 0 aliphatic carbocycles. The summed E-state index contributed by atoms with van der Waals surface area (Å²) in [5.74, 6) is 1.00. The van der Waals surface area contributed by atoms with Crippen LogP contribution in [0.15, 0.2) is 29.4 Å². The highest BCUT2D eigenvalue weighted by atomic mass is 32.2. The number of anilines is 1. The van der Waals surface area contributed by atoms with Crippen molar-refractivity contribution in [2.45, 2.75) is 38.8 Å². The number of hydrogen-bond acceptors (Lipinski definition) is 5. The van der Waals surface area contributed by atoms with E-state index in [-0.39, 0.29) is 5.91 Å². The first-order valence-electron chi connectivity index (χ1n) is 8.76. The van der Waals surface area contributed by atoms with Gasteiger partial charge in [-0.05, 0) is 50.8 Å². The summed E-state index contributed by atoms with van der Waals surface area (Å²) in [6.45, 7) is 6.79. The predicted molar refractivity (Wildman–Crippen MR) is 103 cm³/mol. The van der Waals surface area contributed by atoms with Crippen LogP contribution < -0.4 is 4.90 Å². The molecule has 0 spiro atoms. The van der Waals surface area contributed by atoms with Crippen LogP contribution >= 0.6 is 11.8 Å². The quantitative estimate of drug-likeness (QED) is 0.666. The van der Waals surface area contributed by atoms with Gasteiger partial charge in [-0.15, -0.1) is 5.10 Å². The molecule has 3 aromatic rings. The maximum absolute atomic E-state index is 12.8. The minimum absolute atomic E-state index is 0.0954. The van der Waals surface area contributed by atoms with Gasteiger partial charge in [-0.3, -0.25) is 4.79 Å². The van der Waals surface area contributed by atoms with E-state index in [1.165, 1.54) is 17.3 Å². The molecule has 4 rings (SSSR count). The molecule has 0 N–H and O–H groups in total. The molecule has 7 heteroatoms. The molecular formula is C19H21N5OS. The smallest absolute Gasteiger partial charge is 0.253 e. The third-order valence-corrected chi connectivity index (χ3v) is 5.80. The van der Waals surface area contributed by atoms with Crippen molar-refractivity contribution in [2.24, 2.45) is 0 Å². The molecule has 26 heavy (non-hydrogen) atoms. The summed E-state index contributed by atoms with van der Waals surface area (Å²) in [5.41, 5.74) is 5.38. The van der Waals surface area contributed by atoms with E-state index >= 15 is 0 Å². The Hall–Kier alpha value is -2.41. The van der Waals surface area contributed by atoms with Gasteiger partial charge in [0.2, 0.25) is 11.1 Å². The maximum Gasteiger partial charge on any atom is 0.253 e. The van der Waals surface area contributed by atoms with Crippen LogP contribution in [0.2, 0.25) is 0 Å². The number of rotatable bonds is 3. The Morgan fingerprint density at radius 1 is 1.19 bits per heavy atom. The standard InChI is InChI=1S/C19H21N5OS/c1-12-13(2)20-18-21-19(22-24(18)14(12)3)26-11-17(25)23-10-6-8-15-7-4-5-9-16(15)23/h4-5,7,9H,6,8,10-11H2,1-3H3. The van der Waals surface area contributed by atoms with Gasteiger partial charge in [0.15, 0.2) is 0 Å². The molecule has 0 saturated carbocycles. The van der Waals surface area contributed by atoms with Gasteiger partial charge < -0.3 is 4.90 Å². The maximum atomic E-state index is 12.8. The first kappa shape index (κ1) is 17.0. The molecular weight excluding hydrogens is 346 g/mol. The van der Waals surface area contributed by atoms with Crippen molar-refractivity contribution >= 4 is 29.1 Å². The lowest BCUT2D eigenvalue weighted by Gasteiger charge is -2.29. The van der Waals surface area contributed by atoms with Crippen molar-refractivity contribution in [3.63, 3.8) is 0 Å². The summed E-state index contributed by atoms with van der Waals surface area (Å²) in [4.78, 5) is 23.6. The Balaban J connectivity index is 1.52. The topological polar surface area (TPSA) is 63.4 Å². The molecule has 2 aromatic heterocycles. The van der Waals surface area contributed by atoms with Crippen molar-refractivity contribution in [3.05, 3.63) is 46.8 Å². The summed E-state index contributed by atoms with van der Waals surface area (Å²) in [7, 11) is 0. The third-order valence-electron chi connectivity index (χ3n) is 4.98. The van der Waals surface area contributed by atoms with E-state index in [2.05, 4.69) is 21.1 Å². The van der Waals surface area contributed by atoms with Crippen LogP contribution in [0.3, 0.4) is 0 Å². The van der Waals surface area contributed by atoms with Crippen LogP contribution in [-0.2, 0) is 11.2 Å². The Morgan fingerprint density at radius 3 is 2.85 bits per heavy atom. The lowest BCUT2D eigenvalue weighted by molar-refractivity contribution is -0.116. The second-order valence-electron chi connectivity index (χ2n) is 6.58. The predicted octanol–water partition coefficient (Wildman–Crippen LogP) is 3.12. The molecule has 1 amide bonds. The lowest BCUT2D eigenvalue weighted by Crippen LogP contribution is -2.36. The van der Waals surface area contributed by atoms with Crippen molar-refractivity contribution in [1.29, 1.82) is 0 Å². The molecule has 1 aliphatic heterocycles. The Labute approximate surface area is 156 Å². The van der Waals surface area contributed by atoms with Gasteiger partial charge in [0.1, 0.15) is 0 Å². The second-order valence-corrected chi connectivity index (χ2v) is 7.52. The summed E-state index contributed by atoms with van der Waals surface area (Å²) < 4.78 is 1.76. The highest BCUT2D eigenvalue weighted by Crippen LogP contribution is 2.28. The fourth-order valence-corrected chi connectivity index (χ4v) is 3.99. The Morgan fingerprint density at radius 2 is 2.00 bits per heavy atom. The molecule has 0 fully saturated rings. The largest absolute Gasteiger partial charge is 0.311 e. The molecule has 0 bridgehead atoms. The van der Waals surface area contributed by atoms with Gasteiger partial charge in [0, 0.05) is 23.6 Å². The SMILES string of the molecule is Cc1nc2nc(SCC(=O)N3CCCc4ccccc43)nn2c(C)c1C. The van der Waals surface area contributed by atoms with E-state index < -0.39 is 0 Å². The Kier molecular flexibility index (Phi) is 4.40. The van der Waals surface area contributed by atoms with Gasteiger partial charge in [0.25, 0.3) is 5.78 Å². The number of nitrogens with zero attached hydrogens (tertiary/aromatic N) is 5. The second kappa shape index (κ2) is 6.72. The summed E-state index contributed by atoms with van der Waals surface area (Å²) in [6.07, 6.45) is 2.03. The fraction of sp³-hybridized carbons (Fsp3) is 0.368. The fourth-order valence-electron chi connectivity index (χ4n) is 3.30. The van der Waals surface area contributed by atoms with E-state index in [1.54, 1.807) is 4.52 Å². The zero-order valence-electron chi connectivity index (χ0n) is 15.2. The highest BCUT2D eigenvalue weighted by molar-refractivity contribution is 7.99. The van der Waals surface area contributed by atoms with Crippen molar-refractivity contribution in [2.75, 3.05) is 17.2 Å². The van der Waals surface area contributed by atoms with Crippen LogP contribution in [0.1, 0.15) is 28.9 Å². The number of thioether (sulfide) groups is 1. The van der Waals surface area contributed by atoms with E-state index in [0.717, 1.165) is 42.0 Å². The molecule has 134 valence electrons. The number of aryl methyl sites for hydroxylation is 3. The summed E-state index contributed by atoms with van der Waals surface area (Å²) >= 11 is 1.37. The van der Waals surface area contributed by atoms with Crippen LogP contribution in [0.4, 0.5) is 5.69 Å². The number of benzene rings is 1. The van der Waals surface area contributed by atoms with Gasteiger partial charge in [-0.25, -0.2) is 9.50 Å². The first-order chi connectivity index (χ1) is 12.5. The van der Waals surface area contributed by atoms with Crippen LogP contribution in [0.25, 0.3) is 5.78 Å². The van der Waals surface area contributed by atoms with E-state index in [1.807, 2.05) is 43.9 Å². The zero-order valence-corrected chi connectivity index (χ0v) is 16.0. The lowest BCUT2D eigenvalue weighted by atomic mass is 10.0. The summed E-state index contributed by atoms with van der Waals surface area (Å²) in [5, 5.41) is 5.10. The molecule has 1 aromatic carbocycles. The van der Waals surface area contributed by atoms with Crippen molar-refractivity contribution < 1.29 is 4.79 Å². The molecule has 0 atom stereocenters. The molecule has 6 nitrogen and oxygen atoms in total. The number of fused-ring (bicyclic) bond motifs is 2. The summed E-state index contributed by atoms with van der Waals surface area (Å²) in [6, 6.07) is 8.14. The molecule has 0 radical (unpaired) electrons. The van der Waals surface area contributed by atoms with Gasteiger partial charge in [-0.1, -0.05) is 30.0 Å². The van der Waals surface area contributed by atoms with E-state index in [9.17, 15) is 4.79 Å². The Bertz CT molecular complexity index is 997. The molecule has 1 aliphatic rings. The molecule has 0 saturated heterocycles. The minimum Gasteiger partial charge on any atom is -0.311 e. The number of amides is 1. The van der Waals surface area contributed by atoms with Gasteiger partial charge in [-0.2, -0.15) is 4.98 Å². The van der Waals surface area contributed by atoms with Gasteiger partial charge >= 0.3 is 0 Å².